The van der Waals surface area contributed by atoms with Gasteiger partial charge in [-0.05, 0) is 33.3 Å². The van der Waals surface area contributed by atoms with Crippen molar-refractivity contribution in [2.24, 2.45) is 0 Å². The van der Waals surface area contributed by atoms with Gasteiger partial charge in [-0.15, -0.1) is 11.3 Å². The van der Waals surface area contributed by atoms with Crippen molar-refractivity contribution in [1.29, 1.82) is 0 Å². The van der Waals surface area contributed by atoms with Gasteiger partial charge in [-0.1, -0.05) is 11.8 Å². The average molecular weight is 351 g/mol. The molecule has 1 aliphatic rings. The number of morpholine rings is 1. The summed E-state index contributed by atoms with van der Waals surface area (Å²) >= 11 is 3.18. The maximum absolute atomic E-state index is 12.5. The Morgan fingerprint density at radius 2 is 2.04 bits per heavy atom. The second-order valence-electron chi connectivity index (χ2n) is 5.99. The molecule has 0 spiro atoms. The number of thioether (sulfide) groups is 1. The van der Waals surface area contributed by atoms with Crippen LogP contribution in [0, 0.1) is 13.8 Å². The van der Waals surface area contributed by atoms with Gasteiger partial charge in [0.2, 0.25) is 5.91 Å². The van der Waals surface area contributed by atoms with Crippen molar-refractivity contribution in [3.63, 3.8) is 0 Å². The summed E-state index contributed by atoms with van der Waals surface area (Å²) in [6.07, 6.45) is 1.78. The van der Waals surface area contributed by atoms with Crippen LogP contribution in [0.4, 0.5) is 0 Å². The molecule has 5 nitrogen and oxygen atoms in total. The number of rotatable bonds is 3. The molecule has 23 heavy (non-hydrogen) atoms. The van der Waals surface area contributed by atoms with Crippen molar-refractivity contribution >= 4 is 39.2 Å². The normalized spacial score (nSPS) is 21.8. The molecule has 124 valence electrons. The van der Waals surface area contributed by atoms with E-state index in [1.54, 1.807) is 17.7 Å². The first-order chi connectivity index (χ1) is 11.0. The van der Waals surface area contributed by atoms with Gasteiger partial charge >= 0.3 is 0 Å². The van der Waals surface area contributed by atoms with Crippen molar-refractivity contribution in [1.82, 2.24) is 14.9 Å². The molecule has 2 aromatic rings. The van der Waals surface area contributed by atoms with Gasteiger partial charge in [-0.25, -0.2) is 9.97 Å². The lowest BCUT2D eigenvalue weighted by Crippen LogP contribution is -2.48. The van der Waals surface area contributed by atoms with Crippen LogP contribution in [0.25, 0.3) is 10.2 Å². The van der Waals surface area contributed by atoms with E-state index < -0.39 is 0 Å². The number of amides is 1. The quantitative estimate of drug-likeness (QED) is 0.628. The number of nitrogens with zero attached hydrogens (tertiary/aromatic N) is 3. The second kappa shape index (κ2) is 6.75. The number of aryl methyl sites for hydroxylation is 2. The number of hydrogen-bond acceptors (Lipinski definition) is 6. The van der Waals surface area contributed by atoms with Crippen molar-refractivity contribution in [3.8, 4) is 0 Å². The molecule has 2 atom stereocenters. The lowest BCUT2D eigenvalue weighted by Gasteiger charge is -2.35. The van der Waals surface area contributed by atoms with Gasteiger partial charge in [-0.3, -0.25) is 4.79 Å². The van der Waals surface area contributed by atoms with Crippen LogP contribution in [0.15, 0.2) is 11.4 Å². The molecule has 0 aliphatic carbocycles. The predicted octanol–water partition coefficient (Wildman–Crippen LogP) is 3.04. The molecule has 7 heteroatoms. The predicted molar refractivity (Wildman–Crippen MR) is 94.2 cm³/mol. The summed E-state index contributed by atoms with van der Waals surface area (Å²) < 4.78 is 5.69. The third kappa shape index (κ3) is 3.51. The summed E-state index contributed by atoms with van der Waals surface area (Å²) in [4.78, 5) is 25.4. The number of carbonyl (C=O) groups is 1. The fourth-order valence-corrected chi connectivity index (χ4v) is 4.88. The molecule has 0 saturated carbocycles. The van der Waals surface area contributed by atoms with E-state index in [2.05, 4.69) is 23.8 Å². The first kappa shape index (κ1) is 16.7. The maximum Gasteiger partial charge on any atom is 0.233 e. The fourth-order valence-electron chi connectivity index (χ4n) is 2.86. The number of thiophene rings is 1. The van der Waals surface area contributed by atoms with Crippen molar-refractivity contribution in [2.75, 3.05) is 18.8 Å². The molecule has 0 bridgehead atoms. The third-order valence-electron chi connectivity index (χ3n) is 4.04. The van der Waals surface area contributed by atoms with Gasteiger partial charge in [0.25, 0.3) is 0 Å². The zero-order valence-corrected chi connectivity index (χ0v) is 15.5. The summed E-state index contributed by atoms with van der Waals surface area (Å²) in [5, 5.41) is 2.00. The minimum Gasteiger partial charge on any atom is -0.372 e. The van der Waals surface area contributed by atoms with Crippen LogP contribution in [0.1, 0.15) is 24.3 Å². The largest absolute Gasteiger partial charge is 0.372 e. The number of ether oxygens (including phenoxy) is 1. The molecule has 1 aliphatic heterocycles. The monoisotopic (exact) mass is 351 g/mol. The third-order valence-corrected chi connectivity index (χ3v) is 6.12. The molecular weight excluding hydrogens is 330 g/mol. The van der Waals surface area contributed by atoms with Gasteiger partial charge in [-0.2, -0.15) is 0 Å². The standard InChI is InChI=1S/C16H21N3O2S2/c1-9-5-19(6-10(2)21-9)13(20)7-22-15-14-11(3)12(4)23-16(14)18-8-17-15/h8-10H,5-7H2,1-4H3/t9-,10+. The SMILES string of the molecule is Cc1sc2ncnc(SCC(=O)N3C[C@@H](C)O[C@@H](C)C3)c2c1C. The minimum atomic E-state index is 0.0974. The zero-order chi connectivity index (χ0) is 16.6. The summed E-state index contributed by atoms with van der Waals surface area (Å²) in [5.74, 6) is 0.549. The Balaban J connectivity index is 1.72. The van der Waals surface area contributed by atoms with Gasteiger partial charge < -0.3 is 9.64 Å². The molecule has 3 rings (SSSR count). The zero-order valence-electron chi connectivity index (χ0n) is 13.8. The highest BCUT2D eigenvalue weighted by Gasteiger charge is 2.26. The number of carbonyl (C=O) groups excluding carboxylic acids is 1. The summed E-state index contributed by atoms with van der Waals surface area (Å²) in [7, 11) is 0. The van der Waals surface area contributed by atoms with E-state index in [0.717, 1.165) is 15.2 Å². The lowest BCUT2D eigenvalue weighted by molar-refractivity contribution is -0.140. The maximum atomic E-state index is 12.5. The van der Waals surface area contributed by atoms with Gasteiger partial charge in [0.15, 0.2) is 0 Å². The van der Waals surface area contributed by atoms with E-state index in [4.69, 9.17) is 4.74 Å². The van der Waals surface area contributed by atoms with Crippen LogP contribution in [0.5, 0.6) is 0 Å². The highest BCUT2D eigenvalue weighted by molar-refractivity contribution is 8.00. The van der Waals surface area contributed by atoms with Gasteiger partial charge in [0.05, 0.1) is 18.0 Å². The first-order valence-corrected chi connectivity index (χ1v) is 9.52. The van der Waals surface area contributed by atoms with Gasteiger partial charge in [0, 0.05) is 23.4 Å². The van der Waals surface area contributed by atoms with Crippen molar-refractivity contribution in [3.05, 3.63) is 16.8 Å². The van der Waals surface area contributed by atoms with Crippen LogP contribution in [-0.2, 0) is 9.53 Å². The highest BCUT2D eigenvalue weighted by Crippen LogP contribution is 2.34. The Morgan fingerprint density at radius 1 is 1.35 bits per heavy atom. The van der Waals surface area contributed by atoms with E-state index in [1.165, 1.54) is 22.2 Å². The summed E-state index contributed by atoms with van der Waals surface area (Å²) in [6.45, 7) is 9.54. The van der Waals surface area contributed by atoms with E-state index in [-0.39, 0.29) is 18.1 Å². The van der Waals surface area contributed by atoms with Crippen LogP contribution in [-0.4, -0.2) is 51.8 Å². The Bertz CT molecular complexity index is 721. The summed E-state index contributed by atoms with van der Waals surface area (Å²) in [6, 6.07) is 0. The van der Waals surface area contributed by atoms with E-state index in [0.29, 0.717) is 18.8 Å². The Hall–Kier alpha value is -1.18. The van der Waals surface area contributed by atoms with Crippen LogP contribution >= 0.6 is 23.1 Å². The number of hydrogen-bond donors (Lipinski definition) is 0. The molecule has 0 N–H and O–H groups in total. The molecule has 2 aromatic heterocycles. The van der Waals surface area contributed by atoms with E-state index in [1.807, 2.05) is 18.7 Å². The minimum absolute atomic E-state index is 0.0974. The molecule has 0 unspecified atom stereocenters. The lowest BCUT2D eigenvalue weighted by atomic mass is 10.2. The average Bonchev–Trinajstić information content (AvgIpc) is 2.79. The van der Waals surface area contributed by atoms with Crippen molar-refractivity contribution < 1.29 is 9.53 Å². The Morgan fingerprint density at radius 3 is 2.74 bits per heavy atom. The van der Waals surface area contributed by atoms with Gasteiger partial charge in [0.1, 0.15) is 16.2 Å². The molecule has 0 radical (unpaired) electrons. The topological polar surface area (TPSA) is 55.3 Å². The van der Waals surface area contributed by atoms with E-state index >= 15 is 0 Å². The first-order valence-electron chi connectivity index (χ1n) is 7.72. The summed E-state index contributed by atoms with van der Waals surface area (Å²) in [5.41, 5.74) is 1.22. The molecule has 1 amide bonds. The van der Waals surface area contributed by atoms with Crippen LogP contribution in [0.2, 0.25) is 0 Å². The number of fused-ring (bicyclic) bond motifs is 1. The fraction of sp³-hybridized carbons (Fsp3) is 0.562. The van der Waals surface area contributed by atoms with E-state index in [9.17, 15) is 4.79 Å². The molecular formula is C16H21N3O2S2. The Kier molecular flexibility index (Phi) is 4.89. The second-order valence-corrected chi connectivity index (χ2v) is 8.15. The molecule has 0 aromatic carbocycles. The highest BCUT2D eigenvalue weighted by atomic mass is 32.2. The molecule has 3 heterocycles. The Labute approximate surface area is 144 Å². The van der Waals surface area contributed by atoms with Crippen LogP contribution < -0.4 is 0 Å². The molecule has 1 fully saturated rings. The molecule has 1 saturated heterocycles. The number of aromatic nitrogens is 2. The van der Waals surface area contributed by atoms with Crippen molar-refractivity contribution in [2.45, 2.75) is 44.9 Å². The smallest absolute Gasteiger partial charge is 0.233 e. The van der Waals surface area contributed by atoms with Crippen LogP contribution in [0.3, 0.4) is 0 Å².